The van der Waals surface area contributed by atoms with Gasteiger partial charge in [0.25, 0.3) is 0 Å². The Kier molecular flexibility index (Phi) is 10.6. The van der Waals surface area contributed by atoms with Gasteiger partial charge in [-0.05, 0) is 16.7 Å². The molecule has 0 N–H and O–H groups in total. The zero-order valence-corrected chi connectivity index (χ0v) is 21.5. The average Bonchev–Trinajstić information content (AvgIpc) is 2.94. The molecule has 5 atom stereocenters. The van der Waals surface area contributed by atoms with E-state index in [9.17, 15) is 9.59 Å². The van der Waals surface area contributed by atoms with Gasteiger partial charge in [-0.1, -0.05) is 91.0 Å². The molecular formula is C31H34O7. The molecule has 3 aromatic rings. The number of rotatable bonds is 13. The number of ether oxygens (including phenoxy) is 5. The van der Waals surface area contributed by atoms with Crippen LogP contribution in [0.2, 0.25) is 0 Å². The Morgan fingerprint density at radius 1 is 0.711 bits per heavy atom. The monoisotopic (exact) mass is 518 g/mol. The summed E-state index contributed by atoms with van der Waals surface area (Å²) < 4.78 is 30.9. The molecule has 1 saturated heterocycles. The van der Waals surface area contributed by atoms with E-state index in [4.69, 9.17) is 23.7 Å². The lowest BCUT2D eigenvalue weighted by molar-refractivity contribution is -0.265. The van der Waals surface area contributed by atoms with Crippen molar-refractivity contribution >= 4 is 12.3 Å². The molecule has 0 bridgehead atoms. The van der Waals surface area contributed by atoms with Crippen LogP contribution in [-0.2, 0) is 53.1 Å². The highest BCUT2D eigenvalue weighted by Gasteiger charge is 2.49. The summed E-state index contributed by atoms with van der Waals surface area (Å²) in [6.07, 6.45) is -2.58. The van der Waals surface area contributed by atoms with Crippen molar-refractivity contribution < 1.29 is 33.3 Å². The fourth-order valence-corrected chi connectivity index (χ4v) is 4.54. The first-order valence-corrected chi connectivity index (χ1v) is 12.8. The Labute approximate surface area is 223 Å². The number of hydrogen-bond acceptors (Lipinski definition) is 7. The molecule has 200 valence electrons. The van der Waals surface area contributed by atoms with E-state index in [1.165, 1.54) is 6.92 Å². The first-order valence-electron chi connectivity index (χ1n) is 12.8. The summed E-state index contributed by atoms with van der Waals surface area (Å²) in [7, 11) is 0. The van der Waals surface area contributed by atoms with Crippen molar-refractivity contribution in [2.75, 3.05) is 6.61 Å². The standard InChI is InChI=1S/C31H34O7/c1-23(33)37-30-27(17-18-32)38-28(22-34-19-24-11-5-2-6-12-24)29(35-20-25-13-7-3-8-14-25)31(30)36-21-26-15-9-4-10-16-26/h2-16,18,27-31H,17,19-22H2,1H3/t27-,28-,29-,30-,31+/m1/s1. The summed E-state index contributed by atoms with van der Waals surface area (Å²) in [6, 6.07) is 29.4. The molecule has 1 aliphatic rings. The van der Waals surface area contributed by atoms with Gasteiger partial charge in [0.15, 0.2) is 6.10 Å². The van der Waals surface area contributed by atoms with Crippen LogP contribution in [-0.4, -0.2) is 49.4 Å². The average molecular weight is 519 g/mol. The number of benzene rings is 3. The maximum Gasteiger partial charge on any atom is 0.303 e. The smallest absolute Gasteiger partial charge is 0.303 e. The minimum atomic E-state index is -0.826. The molecule has 4 rings (SSSR count). The zero-order valence-electron chi connectivity index (χ0n) is 21.5. The van der Waals surface area contributed by atoms with Gasteiger partial charge in [0.2, 0.25) is 0 Å². The molecule has 0 unspecified atom stereocenters. The largest absolute Gasteiger partial charge is 0.457 e. The Bertz CT molecular complexity index is 1110. The van der Waals surface area contributed by atoms with Crippen molar-refractivity contribution in [3.05, 3.63) is 108 Å². The molecule has 1 fully saturated rings. The second-order valence-electron chi connectivity index (χ2n) is 9.21. The molecule has 0 aromatic heterocycles. The fourth-order valence-electron chi connectivity index (χ4n) is 4.54. The molecule has 0 spiro atoms. The van der Waals surface area contributed by atoms with Gasteiger partial charge in [0.05, 0.1) is 26.4 Å². The third kappa shape index (κ3) is 8.07. The predicted molar refractivity (Wildman–Crippen MR) is 141 cm³/mol. The second kappa shape index (κ2) is 14.5. The first-order chi connectivity index (χ1) is 18.6. The lowest BCUT2D eigenvalue weighted by Crippen LogP contribution is -2.61. The first kappa shape index (κ1) is 27.7. The van der Waals surface area contributed by atoms with Gasteiger partial charge in [-0.15, -0.1) is 0 Å². The zero-order chi connectivity index (χ0) is 26.6. The maximum atomic E-state index is 12.1. The molecule has 0 amide bonds. The van der Waals surface area contributed by atoms with Gasteiger partial charge in [0, 0.05) is 13.3 Å². The normalized spacial score (nSPS) is 23.0. The van der Waals surface area contributed by atoms with Crippen molar-refractivity contribution in [1.82, 2.24) is 0 Å². The van der Waals surface area contributed by atoms with Crippen LogP contribution in [0.1, 0.15) is 30.0 Å². The second-order valence-corrected chi connectivity index (χ2v) is 9.21. The molecule has 38 heavy (non-hydrogen) atoms. The molecule has 1 aliphatic heterocycles. The Hall–Kier alpha value is -3.36. The Morgan fingerprint density at radius 2 is 1.21 bits per heavy atom. The van der Waals surface area contributed by atoms with E-state index < -0.39 is 36.5 Å². The van der Waals surface area contributed by atoms with Crippen LogP contribution >= 0.6 is 0 Å². The lowest BCUT2D eigenvalue weighted by Gasteiger charge is -2.45. The molecule has 7 heteroatoms. The van der Waals surface area contributed by atoms with Gasteiger partial charge in [0.1, 0.15) is 30.7 Å². The van der Waals surface area contributed by atoms with E-state index in [1.54, 1.807) is 0 Å². The van der Waals surface area contributed by atoms with Crippen molar-refractivity contribution in [1.29, 1.82) is 0 Å². The van der Waals surface area contributed by atoms with Gasteiger partial charge in [-0.2, -0.15) is 0 Å². The summed E-state index contributed by atoms with van der Waals surface area (Å²) in [4.78, 5) is 23.7. The minimum Gasteiger partial charge on any atom is -0.457 e. The Morgan fingerprint density at radius 3 is 1.71 bits per heavy atom. The van der Waals surface area contributed by atoms with Crippen molar-refractivity contribution in [3.63, 3.8) is 0 Å². The predicted octanol–water partition coefficient (Wildman–Crippen LogP) is 4.66. The molecule has 3 aromatic carbocycles. The third-order valence-corrected chi connectivity index (χ3v) is 6.32. The SMILES string of the molecule is CC(=O)O[C@H]1[C@@H](OCc2ccccc2)[C@H](OCc2ccccc2)[C@@H](COCc2ccccc2)O[C@@H]1CC=O. The van der Waals surface area contributed by atoms with Gasteiger partial charge < -0.3 is 28.5 Å². The molecule has 0 aliphatic carbocycles. The lowest BCUT2D eigenvalue weighted by atomic mass is 9.92. The minimum absolute atomic E-state index is 0.0454. The summed E-state index contributed by atoms with van der Waals surface area (Å²) in [6.45, 7) is 2.52. The molecule has 0 radical (unpaired) electrons. The van der Waals surface area contributed by atoms with Crippen LogP contribution in [0.25, 0.3) is 0 Å². The van der Waals surface area contributed by atoms with Gasteiger partial charge >= 0.3 is 5.97 Å². The van der Waals surface area contributed by atoms with Gasteiger partial charge in [-0.25, -0.2) is 0 Å². The number of esters is 1. The van der Waals surface area contributed by atoms with Gasteiger partial charge in [-0.3, -0.25) is 4.79 Å². The van der Waals surface area contributed by atoms with E-state index in [-0.39, 0.29) is 19.6 Å². The topological polar surface area (TPSA) is 80.3 Å². The highest BCUT2D eigenvalue weighted by molar-refractivity contribution is 5.66. The molecular weight excluding hydrogens is 484 g/mol. The molecule has 0 saturated carbocycles. The molecule has 1 heterocycles. The van der Waals surface area contributed by atoms with Crippen LogP contribution in [0.15, 0.2) is 91.0 Å². The summed E-state index contributed by atoms with van der Waals surface area (Å²) in [5, 5.41) is 0. The Balaban J connectivity index is 1.58. The van der Waals surface area contributed by atoms with E-state index in [1.807, 2.05) is 91.0 Å². The number of carbonyl (C=O) groups excluding carboxylic acids is 2. The van der Waals surface area contributed by atoms with Crippen molar-refractivity contribution in [2.45, 2.75) is 63.7 Å². The van der Waals surface area contributed by atoms with E-state index in [2.05, 4.69) is 0 Å². The van der Waals surface area contributed by atoms with Crippen LogP contribution in [0.5, 0.6) is 0 Å². The number of hydrogen-bond donors (Lipinski definition) is 0. The fraction of sp³-hybridized carbons (Fsp3) is 0.355. The highest BCUT2D eigenvalue weighted by Crippen LogP contribution is 2.31. The van der Waals surface area contributed by atoms with Crippen LogP contribution in [0, 0.1) is 0 Å². The third-order valence-electron chi connectivity index (χ3n) is 6.32. The van der Waals surface area contributed by atoms with Crippen molar-refractivity contribution in [2.24, 2.45) is 0 Å². The summed E-state index contributed by atoms with van der Waals surface area (Å²) in [5.41, 5.74) is 2.98. The number of carbonyl (C=O) groups is 2. The van der Waals surface area contributed by atoms with Crippen LogP contribution in [0.4, 0.5) is 0 Å². The van der Waals surface area contributed by atoms with E-state index in [0.29, 0.717) is 13.2 Å². The quantitative estimate of drug-likeness (QED) is 0.240. The van der Waals surface area contributed by atoms with Crippen LogP contribution < -0.4 is 0 Å². The summed E-state index contributed by atoms with van der Waals surface area (Å²) >= 11 is 0. The summed E-state index contributed by atoms with van der Waals surface area (Å²) in [5.74, 6) is -0.483. The molecule has 7 nitrogen and oxygen atoms in total. The van der Waals surface area contributed by atoms with E-state index in [0.717, 1.165) is 23.0 Å². The van der Waals surface area contributed by atoms with Crippen molar-refractivity contribution in [3.8, 4) is 0 Å². The van der Waals surface area contributed by atoms with E-state index >= 15 is 0 Å². The highest BCUT2D eigenvalue weighted by atomic mass is 16.6. The maximum absolute atomic E-state index is 12.1. The number of aldehydes is 1. The van der Waals surface area contributed by atoms with Crippen LogP contribution in [0.3, 0.4) is 0 Å².